The molecule has 7 nitrogen and oxygen atoms in total. The van der Waals surface area contributed by atoms with E-state index in [-0.39, 0.29) is 22.3 Å². The molecule has 0 aromatic heterocycles. The third kappa shape index (κ3) is 4.64. The molecule has 0 saturated carbocycles. The third-order valence-electron chi connectivity index (χ3n) is 6.91. The lowest BCUT2D eigenvalue weighted by molar-refractivity contribution is -0.136. The highest BCUT2D eigenvalue weighted by molar-refractivity contribution is 8.15. The van der Waals surface area contributed by atoms with Crippen LogP contribution < -0.4 is 15.4 Å². The van der Waals surface area contributed by atoms with Crippen LogP contribution in [0.4, 0.5) is 4.79 Å². The summed E-state index contributed by atoms with van der Waals surface area (Å²) in [4.78, 5) is 36.1. The van der Waals surface area contributed by atoms with Gasteiger partial charge in [-0.1, -0.05) is 36.0 Å². The van der Waals surface area contributed by atoms with Crippen molar-refractivity contribution in [3.8, 4) is 11.5 Å². The van der Waals surface area contributed by atoms with Gasteiger partial charge in [-0.2, -0.15) is 0 Å². The van der Waals surface area contributed by atoms with Crippen LogP contribution in [-0.4, -0.2) is 39.6 Å². The molecule has 1 fully saturated rings. The first-order chi connectivity index (χ1) is 16.1. The van der Waals surface area contributed by atoms with Gasteiger partial charge < -0.3 is 15.2 Å². The molecule has 0 radical (unpaired) electrons. The zero-order valence-corrected chi connectivity index (χ0v) is 20.7. The number of amides is 3. The SMILES string of the molecule is Cc1c(C)c2c(c(C)c1O)CCC(C)(C(=O)NCCc1ccc(C[C@@H]3SC(=O)NC3=O)cc1)O2. The Hall–Kier alpha value is -3.00. The number of thioether (sulfide) groups is 1. The summed E-state index contributed by atoms with van der Waals surface area (Å²) < 4.78 is 6.24. The van der Waals surface area contributed by atoms with Gasteiger partial charge in [0.25, 0.3) is 11.1 Å². The van der Waals surface area contributed by atoms with Gasteiger partial charge in [-0.05, 0) is 74.8 Å². The predicted octanol–water partition coefficient (Wildman–Crippen LogP) is 3.65. The van der Waals surface area contributed by atoms with Crippen LogP contribution in [0.25, 0.3) is 0 Å². The Morgan fingerprint density at radius 3 is 2.47 bits per heavy atom. The molecule has 2 aliphatic rings. The number of imide groups is 1. The average Bonchev–Trinajstić information content (AvgIpc) is 3.13. The third-order valence-corrected chi connectivity index (χ3v) is 7.89. The first-order valence-electron chi connectivity index (χ1n) is 11.5. The Kier molecular flexibility index (Phi) is 6.62. The van der Waals surface area contributed by atoms with E-state index in [1.807, 2.05) is 52.0 Å². The van der Waals surface area contributed by atoms with Crippen molar-refractivity contribution in [2.75, 3.05) is 6.54 Å². The van der Waals surface area contributed by atoms with E-state index >= 15 is 0 Å². The molecule has 4 rings (SSSR count). The molecule has 180 valence electrons. The molecule has 2 atom stereocenters. The van der Waals surface area contributed by atoms with Crippen molar-refractivity contribution < 1.29 is 24.2 Å². The number of phenolic OH excluding ortho intramolecular Hbond substituents is 1. The second kappa shape index (κ2) is 9.33. The van der Waals surface area contributed by atoms with Crippen molar-refractivity contribution >= 4 is 28.8 Å². The zero-order valence-electron chi connectivity index (χ0n) is 19.9. The summed E-state index contributed by atoms with van der Waals surface area (Å²) in [7, 11) is 0. The summed E-state index contributed by atoms with van der Waals surface area (Å²) in [6.07, 6.45) is 2.39. The number of hydrogen-bond acceptors (Lipinski definition) is 6. The molecule has 0 bridgehead atoms. The fourth-order valence-corrected chi connectivity index (χ4v) is 5.36. The fourth-order valence-electron chi connectivity index (χ4n) is 4.50. The van der Waals surface area contributed by atoms with E-state index in [1.165, 1.54) is 0 Å². The minimum Gasteiger partial charge on any atom is -0.507 e. The molecular formula is C26H30N2O5S. The van der Waals surface area contributed by atoms with Crippen LogP contribution in [0.3, 0.4) is 0 Å². The largest absolute Gasteiger partial charge is 0.507 e. The van der Waals surface area contributed by atoms with Crippen LogP contribution in [0.15, 0.2) is 24.3 Å². The van der Waals surface area contributed by atoms with E-state index < -0.39 is 5.60 Å². The molecule has 8 heteroatoms. The standard InChI is InChI=1S/C26H30N2O5S/c1-14-15(2)22-19(16(3)21(14)29)9-11-26(4,33-22)24(31)27-12-10-17-5-7-18(8-6-17)13-20-23(30)28-25(32)34-20/h5-8,20,29H,9-13H2,1-4H3,(H,27,31)(H,28,30,32)/t20-,26?/m0/s1. The molecule has 0 aliphatic carbocycles. The van der Waals surface area contributed by atoms with E-state index in [9.17, 15) is 19.5 Å². The number of nitrogens with one attached hydrogen (secondary N) is 2. The Balaban J connectivity index is 1.33. The highest BCUT2D eigenvalue weighted by Crippen LogP contribution is 2.43. The number of benzene rings is 2. The number of ether oxygens (including phenoxy) is 1. The number of carbonyl (C=O) groups is 3. The monoisotopic (exact) mass is 482 g/mol. The maximum Gasteiger partial charge on any atom is 0.286 e. The second-order valence-corrected chi connectivity index (χ2v) is 10.4. The van der Waals surface area contributed by atoms with Gasteiger partial charge in [-0.15, -0.1) is 0 Å². The average molecular weight is 483 g/mol. The van der Waals surface area contributed by atoms with E-state index in [4.69, 9.17) is 4.74 Å². The van der Waals surface area contributed by atoms with Gasteiger partial charge in [-0.3, -0.25) is 19.7 Å². The van der Waals surface area contributed by atoms with E-state index in [0.29, 0.717) is 43.7 Å². The number of fused-ring (bicyclic) bond motifs is 1. The van der Waals surface area contributed by atoms with Crippen molar-refractivity contribution in [2.24, 2.45) is 0 Å². The summed E-state index contributed by atoms with van der Waals surface area (Å²) in [6, 6.07) is 7.88. The lowest BCUT2D eigenvalue weighted by Crippen LogP contribution is -2.51. The summed E-state index contributed by atoms with van der Waals surface area (Å²) in [5, 5.41) is 15.0. The quantitative estimate of drug-likeness (QED) is 0.581. The van der Waals surface area contributed by atoms with Crippen LogP contribution >= 0.6 is 11.8 Å². The summed E-state index contributed by atoms with van der Waals surface area (Å²) in [5.41, 5.74) is 4.55. The summed E-state index contributed by atoms with van der Waals surface area (Å²) >= 11 is 1.03. The van der Waals surface area contributed by atoms with E-state index in [0.717, 1.165) is 45.1 Å². The maximum absolute atomic E-state index is 13.0. The minimum absolute atomic E-state index is 0.147. The molecule has 1 unspecified atom stereocenters. The smallest absolute Gasteiger partial charge is 0.286 e. The molecule has 2 aromatic rings. The Bertz CT molecular complexity index is 1160. The van der Waals surface area contributed by atoms with Crippen LogP contribution in [-0.2, 0) is 28.9 Å². The van der Waals surface area contributed by atoms with Gasteiger partial charge in [0.2, 0.25) is 5.91 Å². The molecular weight excluding hydrogens is 452 g/mol. The maximum atomic E-state index is 13.0. The summed E-state index contributed by atoms with van der Waals surface area (Å²) in [6.45, 7) is 7.96. The lowest BCUT2D eigenvalue weighted by atomic mass is 9.86. The highest BCUT2D eigenvalue weighted by Gasteiger charge is 2.40. The molecule has 2 heterocycles. The number of hydrogen-bond donors (Lipinski definition) is 3. The van der Waals surface area contributed by atoms with Crippen LogP contribution in [0, 0.1) is 20.8 Å². The number of rotatable bonds is 6. The van der Waals surface area contributed by atoms with E-state index in [1.54, 1.807) is 0 Å². The molecule has 3 amide bonds. The number of carbonyl (C=O) groups excluding carboxylic acids is 3. The zero-order chi connectivity index (χ0) is 24.6. The fraction of sp³-hybridized carbons (Fsp3) is 0.423. The van der Waals surface area contributed by atoms with Crippen molar-refractivity contribution in [3.63, 3.8) is 0 Å². The second-order valence-electron chi connectivity index (χ2n) is 9.27. The van der Waals surface area contributed by atoms with Crippen LogP contribution in [0.2, 0.25) is 0 Å². The highest BCUT2D eigenvalue weighted by atomic mass is 32.2. The van der Waals surface area contributed by atoms with Crippen molar-refractivity contribution in [1.82, 2.24) is 10.6 Å². The molecule has 1 saturated heterocycles. The Labute approximate surface area is 203 Å². The van der Waals surface area contributed by atoms with Gasteiger partial charge in [0.05, 0.1) is 5.25 Å². The van der Waals surface area contributed by atoms with Gasteiger partial charge in [0.1, 0.15) is 11.5 Å². The van der Waals surface area contributed by atoms with Gasteiger partial charge in [0.15, 0.2) is 5.60 Å². The first kappa shape index (κ1) is 24.1. The van der Waals surface area contributed by atoms with Crippen LogP contribution in [0.5, 0.6) is 11.5 Å². The van der Waals surface area contributed by atoms with Gasteiger partial charge in [0, 0.05) is 18.5 Å². The molecule has 2 aromatic carbocycles. The normalized spacial score (nSPS) is 21.6. The topological polar surface area (TPSA) is 105 Å². The van der Waals surface area contributed by atoms with Crippen molar-refractivity contribution in [1.29, 1.82) is 0 Å². The number of phenols is 1. The molecule has 0 spiro atoms. The van der Waals surface area contributed by atoms with Crippen LogP contribution in [0.1, 0.15) is 46.7 Å². The molecule has 3 N–H and O–H groups in total. The predicted molar refractivity (Wildman–Crippen MR) is 131 cm³/mol. The number of aromatic hydroxyl groups is 1. The minimum atomic E-state index is -0.964. The molecule has 2 aliphatic heterocycles. The van der Waals surface area contributed by atoms with Gasteiger partial charge in [-0.25, -0.2) is 0 Å². The van der Waals surface area contributed by atoms with Crippen molar-refractivity contribution in [3.05, 3.63) is 57.6 Å². The van der Waals surface area contributed by atoms with Gasteiger partial charge >= 0.3 is 0 Å². The van der Waals surface area contributed by atoms with E-state index in [2.05, 4.69) is 10.6 Å². The lowest BCUT2D eigenvalue weighted by Gasteiger charge is -2.36. The van der Waals surface area contributed by atoms with Crippen molar-refractivity contribution in [2.45, 2.75) is 64.2 Å². The molecule has 34 heavy (non-hydrogen) atoms. The Morgan fingerprint density at radius 2 is 1.82 bits per heavy atom. The Morgan fingerprint density at radius 1 is 1.15 bits per heavy atom. The first-order valence-corrected chi connectivity index (χ1v) is 12.3. The summed E-state index contributed by atoms with van der Waals surface area (Å²) in [5.74, 6) is 0.632.